The first kappa shape index (κ1) is 19.5. The zero-order valence-electron chi connectivity index (χ0n) is 15.6. The van der Waals surface area contributed by atoms with Crippen LogP contribution in [-0.2, 0) is 17.8 Å². The van der Waals surface area contributed by atoms with Crippen molar-refractivity contribution >= 4 is 17.7 Å². The molecule has 0 bridgehead atoms. The number of amides is 1. The van der Waals surface area contributed by atoms with E-state index in [0.29, 0.717) is 25.3 Å². The Labute approximate surface area is 163 Å². The van der Waals surface area contributed by atoms with Crippen molar-refractivity contribution in [2.75, 3.05) is 12.4 Å². The van der Waals surface area contributed by atoms with Crippen molar-refractivity contribution in [1.82, 2.24) is 5.32 Å². The zero-order valence-corrected chi connectivity index (χ0v) is 16.4. The van der Waals surface area contributed by atoms with Crippen LogP contribution in [0, 0.1) is 5.82 Å². The van der Waals surface area contributed by atoms with Gasteiger partial charge in [-0.15, -0.1) is 11.8 Å². The molecule has 3 rings (SSSR count). The molecular weight excluding hydrogens is 365 g/mol. The molecule has 2 aromatic rings. The maximum atomic E-state index is 12.9. The van der Waals surface area contributed by atoms with E-state index in [1.165, 1.54) is 23.9 Å². The predicted molar refractivity (Wildman–Crippen MR) is 105 cm³/mol. The number of thioether (sulfide) groups is 1. The van der Waals surface area contributed by atoms with Crippen LogP contribution in [0.2, 0.25) is 0 Å². The van der Waals surface area contributed by atoms with Crippen LogP contribution in [0.3, 0.4) is 0 Å². The minimum Gasteiger partial charge on any atom is -0.494 e. The average molecular weight is 389 g/mol. The van der Waals surface area contributed by atoms with Crippen molar-refractivity contribution in [3.8, 4) is 11.5 Å². The molecule has 1 aliphatic heterocycles. The fraction of sp³-hybridized carbons (Fsp3) is 0.381. The summed E-state index contributed by atoms with van der Waals surface area (Å²) in [6, 6.07) is 10.3. The Morgan fingerprint density at radius 1 is 1.33 bits per heavy atom. The van der Waals surface area contributed by atoms with E-state index in [1.807, 2.05) is 26.0 Å². The van der Waals surface area contributed by atoms with Gasteiger partial charge in [0.15, 0.2) is 0 Å². The highest BCUT2D eigenvalue weighted by Gasteiger charge is 2.22. The van der Waals surface area contributed by atoms with Crippen LogP contribution in [-0.4, -0.2) is 24.4 Å². The number of carbonyl (C=O) groups is 1. The molecule has 2 aromatic carbocycles. The summed E-state index contributed by atoms with van der Waals surface area (Å²) in [5, 5.41) is 2.95. The van der Waals surface area contributed by atoms with Gasteiger partial charge in [-0.25, -0.2) is 4.39 Å². The van der Waals surface area contributed by atoms with E-state index < -0.39 is 0 Å². The summed E-state index contributed by atoms with van der Waals surface area (Å²) in [7, 11) is 0. The van der Waals surface area contributed by atoms with Gasteiger partial charge in [-0.3, -0.25) is 4.79 Å². The number of benzene rings is 2. The second kappa shape index (κ2) is 9.13. The van der Waals surface area contributed by atoms with Gasteiger partial charge in [0.05, 0.1) is 6.61 Å². The molecule has 144 valence electrons. The lowest BCUT2D eigenvalue weighted by Gasteiger charge is -2.13. The Kier molecular flexibility index (Phi) is 6.61. The topological polar surface area (TPSA) is 47.6 Å². The van der Waals surface area contributed by atoms with E-state index in [4.69, 9.17) is 9.47 Å². The van der Waals surface area contributed by atoms with Gasteiger partial charge < -0.3 is 14.8 Å². The molecular formula is C21H24FNO3S. The molecule has 1 atom stereocenters. The third-order valence-electron chi connectivity index (χ3n) is 4.27. The van der Waals surface area contributed by atoms with Crippen LogP contribution in [0.5, 0.6) is 11.5 Å². The number of hydrogen-bond donors (Lipinski definition) is 1. The van der Waals surface area contributed by atoms with Crippen LogP contribution in [0.15, 0.2) is 41.3 Å². The highest BCUT2D eigenvalue weighted by Crippen LogP contribution is 2.35. The maximum Gasteiger partial charge on any atom is 0.221 e. The first-order valence-electron chi connectivity index (χ1n) is 9.15. The Hall–Kier alpha value is -2.21. The first-order valence-corrected chi connectivity index (χ1v) is 10.1. The van der Waals surface area contributed by atoms with E-state index in [2.05, 4.69) is 5.32 Å². The minimum atomic E-state index is -0.255. The number of rotatable bonds is 8. The SMILES string of the molecule is CCOc1cc2c(cc1CNC(=O)CCSc1ccc(F)cc1)O[C@H](C)C2. The quantitative estimate of drug-likeness (QED) is 0.682. The molecule has 1 heterocycles. The fourth-order valence-corrected chi connectivity index (χ4v) is 3.84. The zero-order chi connectivity index (χ0) is 19.2. The first-order chi connectivity index (χ1) is 13.0. The number of halogens is 1. The van der Waals surface area contributed by atoms with E-state index >= 15 is 0 Å². The second-order valence-electron chi connectivity index (χ2n) is 6.46. The molecule has 0 aromatic heterocycles. The number of carbonyl (C=O) groups excluding carboxylic acids is 1. The molecule has 0 aliphatic carbocycles. The second-order valence-corrected chi connectivity index (χ2v) is 7.63. The van der Waals surface area contributed by atoms with E-state index in [9.17, 15) is 9.18 Å². The lowest BCUT2D eigenvalue weighted by molar-refractivity contribution is -0.120. The van der Waals surface area contributed by atoms with Crippen LogP contribution in [0.1, 0.15) is 31.4 Å². The van der Waals surface area contributed by atoms with Gasteiger partial charge in [0, 0.05) is 41.2 Å². The molecule has 0 saturated heterocycles. The molecule has 1 amide bonds. The maximum absolute atomic E-state index is 12.9. The third-order valence-corrected chi connectivity index (χ3v) is 5.28. The third kappa shape index (κ3) is 5.39. The van der Waals surface area contributed by atoms with Crippen molar-refractivity contribution < 1.29 is 18.7 Å². The lowest BCUT2D eigenvalue weighted by Crippen LogP contribution is -2.23. The molecule has 27 heavy (non-hydrogen) atoms. The molecule has 0 saturated carbocycles. The highest BCUT2D eigenvalue weighted by molar-refractivity contribution is 7.99. The smallest absolute Gasteiger partial charge is 0.221 e. The van der Waals surface area contributed by atoms with Gasteiger partial charge in [-0.05, 0) is 50.2 Å². The van der Waals surface area contributed by atoms with Crippen LogP contribution >= 0.6 is 11.8 Å². The molecule has 0 unspecified atom stereocenters. The largest absolute Gasteiger partial charge is 0.494 e. The van der Waals surface area contributed by atoms with Crippen molar-refractivity contribution in [1.29, 1.82) is 0 Å². The van der Waals surface area contributed by atoms with Gasteiger partial charge in [0.25, 0.3) is 0 Å². The fourth-order valence-electron chi connectivity index (χ4n) is 2.98. The normalized spacial score (nSPS) is 15.1. The predicted octanol–water partition coefficient (Wildman–Crippen LogP) is 4.35. The van der Waals surface area contributed by atoms with Crippen molar-refractivity contribution in [2.45, 2.75) is 44.2 Å². The summed E-state index contributed by atoms with van der Waals surface area (Å²) in [6.07, 6.45) is 1.44. The van der Waals surface area contributed by atoms with Crippen LogP contribution in [0.4, 0.5) is 4.39 Å². The molecule has 4 nitrogen and oxygen atoms in total. The molecule has 0 fully saturated rings. The van der Waals surface area contributed by atoms with E-state index in [1.54, 1.807) is 12.1 Å². The Bertz CT molecular complexity index is 795. The van der Waals surface area contributed by atoms with Crippen LogP contribution in [0.25, 0.3) is 0 Å². The summed E-state index contributed by atoms with van der Waals surface area (Å²) in [5.74, 6) is 2.04. The van der Waals surface area contributed by atoms with Crippen molar-refractivity contribution in [3.63, 3.8) is 0 Å². The van der Waals surface area contributed by atoms with Gasteiger partial charge in [-0.1, -0.05) is 0 Å². The van der Waals surface area contributed by atoms with Crippen molar-refractivity contribution in [2.24, 2.45) is 0 Å². The molecule has 1 N–H and O–H groups in total. The molecule has 0 radical (unpaired) electrons. The van der Waals surface area contributed by atoms with Gasteiger partial charge in [0.1, 0.15) is 23.4 Å². The van der Waals surface area contributed by atoms with Gasteiger partial charge in [0.2, 0.25) is 5.91 Å². The Morgan fingerprint density at radius 2 is 2.11 bits per heavy atom. The molecule has 6 heteroatoms. The Balaban J connectivity index is 1.52. The lowest BCUT2D eigenvalue weighted by atomic mass is 10.1. The van der Waals surface area contributed by atoms with Crippen LogP contribution < -0.4 is 14.8 Å². The monoisotopic (exact) mass is 389 g/mol. The number of fused-ring (bicyclic) bond motifs is 1. The van der Waals surface area contributed by atoms with E-state index in [-0.39, 0.29) is 17.8 Å². The van der Waals surface area contributed by atoms with Crippen molar-refractivity contribution in [3.05, 3.63) is 53.3 Å². The Morgan fingerprint density at radius 3 is 2.85 bits per heavy atom. The van der Waals surface area contributed by atoms with Gasteiger partial charge in [-0.2, -0.15) is 0 Å². The summed E-state index contributed by atoms with van der Waals surface area (Å²) in [4.78, 5) is 13.1. The number of ether oxygens (including phenoxy) is 2. The molecule has 1 aliphatic rings. The summed E-state index contributed by atoms with van der Waals surface area (Å²) < 4.78 is 24.4. The summed E-state index contributed by atoms with van der Waals surface area (Å²) in [5.41, 5.74) is 2.07. The highest BCUT2D eigenvalue weighted by atomic mass is 32.2. The summed E-state index contributed by atoms with van der Waals surface area (Å²) >= 11 is 1.53. The van der Waals surface area contributed by atoms with E-state index in [0.717, 1.165) is 33.9 Å². The standard InChI is InChI=1S/C21H24FNO3S/c1-3-25-19-11-15-10-14(2)26-20(15)12-16(19)13-23-21(24)8-9-27-18-6-4-17(22)5-7-18/h4-7,11-12,14H,3,8-10,13H2,1-2H3,(H,23,24)/t14-/m1/s1. The number of hydrogen-bond acceptors (Lipinski definition) is 4. The van der Waals surface area contributed by atoms with Gasteiger partial charge >= 0.3 is 0 Å². The number of nitrogens with one attached hydrogen (secondary N) is 1. The minimum absolute atomic E-state index is 0.0261. The summed E-state index contributed by atoms with van der Waals surface area (Å²) in [6.45, 7) is 4.97. The molecule has 0 spiro atoms. The average Bonchev–Trinajstić information content (AvgIpc) is 3.00.